The number of hydrogen-bond donors (Lipinski definition) is 1. The van der Waals surface area contributed by atoms with E-state index in [4.69, 9.17) is 4.74 Å². The summed E-state index contributed by atoms with van der Waals surface area (Å²) in [6.07, 6.45) is 0.116. The SMILES string of the molecule is COc1ccc(N2C[C@H](C(=O)Nc3ccc([N+](=O)[O-])cc3)CC2=O)cc1. The van der Waals surface area contributed by atoms with E-state index in [1.807, 2.05) is 0 Å². The highest BCUT2D eigenvalue weighted by Gasteiger charge is 2.35. The zero-order valence-electron chi connectivity index (χ0n) is 14.0. The Hall–Kier alpha value is -3.42. The topological polar surface area (TPSA) is 102 Å². The normalized spacial score (nSPS) is 16.4. The Kier molecular flexibility index (Phi) is 4.83. The first-order valence-electron chi connectivity index (χ1n) is 7.97. The number of hydrogen-bond acceptors (Lipinski definition) is 5. The Bertz CT molecular complexity index is 833. The second-order valence-electron chi connectivity index (χ2n) is 5.90. The molecule has 2 aromatic carbocycles. The number of amides is 2. The quantitative estimate of drug-likeness (QED) is 0.656. The maximum atomic E-state index is 12.4. The molecule has 0 aliphatic carbocycles. The molecule has 1 atom stereocenters. The number of anilines is 2. The van der Waals surface area contributed by atoms with Crippen LogP contribution in [-0.4, -0.2) is 30.4 Å². The van der Waals surface area contributed by atoms with Gasteiger partial charge in [0.1, 0.15) is 5.75 Å². The lowest BCUT2D eigenvalue weighted by Gasteiger charge is -2.17. The highest BCUT2D eigenvalue weighted by molar-refractivity contribution is 6.03. The van der Waals surface area contributed by atoms with E-state index in [0.717, 1.165) is 0 Å². The van der Waals surface area contributed by atoms with Crippen LogP contribution in [0.5, 0.6) is 5.75 Å². The van der Waals surface area contributed by atoms with Crippen molar-refractivity contribution in [3.05, 3.63) is 58.6 Å². The maximum Gasteiger partial charge on any atom is 0.269 e. The van der Waals surface area contributed by atoms with Crippen LogP contribution in [0, 0.1) is 16.0 Å². The molecule has 1 aliphatic heterocycles. The van der Waals surface area contributed by atoms with E-state index in [0.29, 0.717) is 17.1 Å². The van der Waals surface area contributed by atoms with E-state index in [1.54, 1.807) is 36.3 Å². The van der Waals surface area contributed by atoms with E-state index in [2.05, 4.69) is 5.32 Å². The Morgan fingerprint density at radius 2 is 1.85 bits per heavy atom. The molecule has 26 heavy (non-hydrogen) atoms. The molecular formula is C18H17N3O5. The first kappa shape index (κ1) is 17.4. The molecule has 0 radical (unpaired) electrons. The number of non-ortho nitro benzene ring substituents is 1. The molecule has 0 aromatic heterocycles. The van der Waals surface area contributed by atoms with Crippen molar-refractivity contribution >= 4 is 28.9 Å². The first-order chi connectivity index (χ1) is 12.5. The summed E-state index contributed by atoms with van der Waals surface area (Å²) in [4.78, 5) is 36.4. The molecule has 3 rings (SSSR count). The molecule has 0 saturated carbocycles. The number of nitro groups is 1. The zero-order chi connectivity index (χ0) is 18.7. The maximum absolute atomic E-state index is 12.4. The molecule has 1 saturated heterocycles. The molecule has 8 nitrogen and oxygen atoms in total. The number of benzene rings is 2. The van der Waals surface area contributed by atoms with Gasteiger partial charge in [-0.05, 0) is 36.4 Å². The number of ether oxygens (including phenoxy) is 1. The lowest BCUT2D eigenvalue weighted by Crippen LogP contribution is -2.28. The van der Waals surface area contributed by atoms with E-state index in [9.17, 15) is 19.7 Å². The third-order valence-corrected chi connectivity index (χ3v) is 4.23. The summed E-state index contributed by atoms with van der Waals surface area (Å²) >= 11 is 0. The van der Waals surface area contributed by atoms with Gasteiger partial charge in [-0.15, -0.1) is 0 Å². The highest BCUT2D eigenvalue weighted by Crippen LogP contribution is 2.27. The summed E-state index contributed by atoms with van der Waals surface area (Å²) in [5, 5.41) is 13.4. The minimum Gasteiger partial charge on any atom is -0.497 e. The molecule has 2 aromatic rings. The Balaban J connectivity index is 1.65. The third-order valence-electron chi connectivity index (χ3n) is 4.23. The van der Waals surface area contributed by atoms with Gasteiger partial charge in [-0.3, -0.25) is 19.7 Å². The number of nitrogens with zero attached hydrogens (tertiary/aromatic N) is 2. The van der Waals surface area contributed by atoms with Crippen LogP contribution in [0.15, 0.2) is 48.5 Å². The molecule has 8 heteroatoms. The minimum absolute atomic E-state index is 0.0512. The predicted molar refractivity (Wildman–Crippen MR) is 95.2 cm³/mol. The number of nitro benzene ring substituents is 1. The highest BCUT2D eigenvalue weighted by atomic mass is 16.6. The third kappa shape index (κ3) is 3.64. The van der Waals surface area contributed by atoms with Crippen molar-refractivity contribution in [1.29, 1.82) is 0 Å². The standard InChI is InChI=1S/C18H17N3O5/c1-26-16-8-6-14(7-9-16)20-11-12(10-17(20)22)18(23)19-13-2-4-15(5-3-13)21(24)25/h2-9,12H,10-11H2,1H3,(H,19,23)/t12-/m1/s1. The molecule has 2 amide bonds. The van der Waals surface area contributed by atoms with Gasteiger partial charge in [0.2, 0.25) is 11.8 Å². The summed E-state index contributed by atoms with van der Waals surface area (Å²) in [6.45, 7) is 0.282. The van der Waals surface area contributed by atoms with Crippen LogP contribution in [0.1, 0.15) is 6.42 Å². The van der Waals surface area contributed by atoms with Crippen LogP contribution >= 0.6 is 0 Å². The molecule has 0 bridgehead atoms. The van der Waals surface area contributed by atoms with E-state index >= 15 is 0 Å². The van der Waals surface area contributed by atoms with Crippen molar-refractivity contribution in [2.45, 2.75) is 6.42 Å². The Labute approximate surface area is 149 Å². The average Bonchev–Trinajstić information content (AvgIpc) is 3.04. The van der Waals surface area contributed by atoms with Gasteiger partial charge in [0.25, 0.3) is 5.69 Å². The number of nitrogens with one attached hydrogen (secondary N) is 1. The first-order valence-corrected chi connectivity index (χ1v) is 7.97. The summed E-state index contributed by atoms with van der Waals surface area (Å²) < 4.78 is 5.10. The average molecular weight is 355 g/mol. The fraction of sp³-hybridized carbons (Fsp3) is 0.222. The van der Waals surface area contributed by atoms with Crippen molar-refractivity contribution in [2.24, 2.45) is 5.92 Å². The van der Waals surface area contributed by atoms with Gasteiger partial charge < -0.3 is 15.0 Å². The van der Waals surface area contributed by atoms with Crippen LogP contribution in [-0.2, 0) is 9.59 Å². The lowest BCUT2D eigenvalue weighted by molar-refractivity contribution is -0.384. The van der Waals surface area contributed by atoms with Gasteiger partial charge in [0.15, 0.2) is 0 Å². The van der Waals surface area contributed by atoms with Gasteiger partial charge in [-0.2, -0.15) is 0 Å². The van der Waals surface area contributed by atoms with Crippen molar-refractivity contribution in [1.82, 2.24) is 0 Å². The zero-order valence-corrected chi connectivity index (χ0v) is 14.0. The van der Waals surface area contributed by atoms with Gasteiger partial charge in [-0.25, -0.2) is 0 Å². The molecular weight excluding hydrogens is 338 g/mol. The van der Waals surface area contributed by atoms with Gasteiger partial charge in [-0.1, -0.05) is 0 Å². The monoisotopic (exact) mass is 355 g/mol. The number of rotatable bonds is 5. The summed E-state index contributed by atoms with van der Waals surface area (Å²) in [5.74, 6) is -0.213. The molecule has 1 N–H and O–H groups in total. The van der Waals surface area contributed by atoms with Crippen molar-refractivity contribution in [2.75, 3.05) is 23.9 Å². The van der Waals surface area contributed by atoms with E-state index < -0.39 is 10.8 Å². The predicted octanol–water partition coefficient (Wildman–Crippen LogP) is 2.60. The molecule has 134 valence electrons. The smallest absolute Gasteiger partial charge is 0.269 e. The molecule has 1 heterocycles. The van der Waals surface area contributed by atoms with Crippen LogP contribution in [0.25, 0.3) is 0 Å². The van der Waals surface area contributed by atoms with Gasteiger partial charge in [0.05, 0.1) is 18.0 Å². The van der Waals surface area contributed by atoms with Gasteiger partial charge >= 0.3 is 0 Å². The second-order valence-corrected chi connectivity index (χ2v) is 5.90. The Morgan fingerprint density at radius 1 is 1.19 bits per heavy atom. The van der Waals surface area contributed by atoms with Crippen LogP contribution in [0.4, 0.5) is 17.1 Å². The van der Waals surface area contributed by atoms with Crippen LogP contribution in [0.3, 0.4) is 0 Å². The summed E-state index contributed by atoms with van der Waals surface area (Å²) in [7, 11) is 1.56. The fourth-order valence-corrected chi connectivity index (χ4v) is 2.81. The summed E-state index contributed by atoms with van der Waals surface area (Å²) in [5.41, 5.74) is 1.11. The molecule has 0 unspecified atom stereocenters. The molecule has 1 aliphatic rings. The van der Waals surface area contributed by atoms with Crippen molar-refractivity contribution in [3.63, 3.8) is 0 Å². The lowest BCUT2D eigenvalue weighted by atomic mass is 10.1. The fourth-order valence-electron chi connectivity index (χ4n) is 2.81. The minimum atomic E-state index is -0.506. The van der Waals surface area contributed by atoms with E-state index in [1.165, 1.54) is 24.3 Å². The number of carbonyl (C=O) groups excluding carboxylic acids is 2. The van der Waals surface area contributed by atoms with Crippen LogP contribution in [0.2, 0.25) is 0 Å². The molecule has 0 spiro atoms. The Morgan fingerprint density at radius 3 is 2.42 bits per heavy atom. The van der Waals surface area contributed by atoms with E-state index in [-0.39, 0.29) is 30.5 Å². The summed E-state index contributed by atoms with van der Waals surface area (Å²) in [6, 6.07) is 12.6. The second kappa shape index (κ2) is 7.22. The number of methoxy groups -OCH3 is 1. The largest absolute Gasteiger partial charge is 0.497 e. The van der Waals surface area contributed by atoms with Crippen molar-refractivity contribution < 1.29 is 19.2 Å². The molecule has 1 fully saturated rings. The van der Waals surface area contributed by atoms with Crippen LogP contribution < -0.4 is 15.0 Å². The number of carbonyl (C=O) groups is 2. The van der Waals surface area contributed by atoms with Gasteiger partial charge in [0, 0.05) is 36.5 Å². The van der Waals surface area contributed by atoms with Crippen molar-refractivity contribution in [3.8, 4) is 5.75 Å².